The molecule has 0 aliphatic heterocycles. The number of nitrogens with one attached hydrogen (secondary N) is 1. The van der Waals surface area contributed by atoms with Crippen molar-refractivity contribution < 1.29 is 4.79 Å². The summed E-state index contributed by atoms with van der Waals surface area (Å²) < 4.78 is 0. The molecular formula is C16H22ClN2O. The molecule has 0 saturated heterocycles. The normalized spacial score (nSPS) is 15.4. The van der Waals surface area contributed by atoms with Gasteiger partial charge >= 0.3 is 0 Å². The Morgan fingerprint density at radius 3 is 2.35 bits per heavy atom. The fraction of sp³-hybridized carbons (Fsp3) is 0.438. The quantitative estimate of drug-likeness (QED) is 0.594. The van der Waals surface area contributed by atoms with Crippen molar-refractivity contribution in [1.29, 1.82) is 5.41 Å². The first kappa shape index (κ1) is 16.9. The molecule has 0 bridgehead atoms. The van der Waals surface area contributed by atoms with Crippen LogP contribution in [0.4, 0.5) is 0 Å². The summed E-state index contributed by atoms with van der Waals surface area (Å²) in [7, 11) is 0. The van der Waals surface area contributed by atoms with E-state index in [-0.39, 0.29) is 17.6 Å². The van der Waals surface area contributed by atoms with Crippen molar-refractivity contribution in [2.75, 3.05) is 0 Å². The van der Waals surface area contributed by atoms with Crippen LogP contribution in [0.5, 0.6) is 0 Å². The first-order valence-corrected chi connectivity index (χ1v) is 7.19. The second-order valence-corrected chi connectivity index (χ2v) is 5.48. The molecule has 20 heavy (non-hydrogen) atoms. The van der Waals surface area contributed by atoms with Crippen LogP contribution < -0.4 is 5.73 Å². The van der Waals surface area contributed by atoms with Crippen molar-refractivity contribution in [3.8, 4) is 0 Å². The van der Waals surface area contributed by atoms with Gasteiger partial charge in [0.2, 0.25) is 0 Å². The summed E-state index contributed by atoms with van der Waals surface area (Å²) in [6.07, 6.45) is 1.33. The van der Waals surface area contributed by atoms with Crippen LogP contribution in [-0.4, -0.2) is 17.5 Å². The lowest BCUT2D eigenvalue weighted by atomic mass is 9.78. The molecule has 3 N–H and O–H groups in total. The first-order valence-electron chi connectivity index (χ1n) is 6.82. The second-order valence-electron chi connectivity index (χ2n) is 5.05. The number of nitrogens with two attached hydrogens (primary N) is 1. The smallest absolute Gasteiger partial charge is 0.179 e. The Labute approximate surface area is 126 Å². The topological polar surface area (TPSA) is 66.9 Å². The van der Waals surface area contributed by atoms with Gasteiger partial charge in [-0.3, -0.25) is 4.79 Å². The fourth-order valence-corrected chi connectivity index (χ4v) is 2.69. The number of halogens is 1. The molecule has 0 aromatic heterocycles. The Kier molecular flexibility index (Phi) is 6.37. The van der Waals surface area contributed by atoms with Crippen LogP contribution in [0, 0.1) is 24.2 Å². The molecule has 0 amide bonds. The van der Waals surface area contributed by atoms with Crippen molar-refractivity contribution in [3.63, 3.8) is 0 Å². The molecule has 4 heteroatoms. The van der Waals surface area contributed by atoms with E-state index in [0.29, 0.717) is 22.7 Å². The van der Waals surface area contributed by atoms with Crippen LogP contribution in [0.25, 0.3) is 0 Å². The Bertz CT molecular complexity index is 470. The number of hydrogen-bond acceptors (Lipinski definition) is 3. The lowest BCUT2D eigenvalue weighted by molar-refractivity contribution is 0.0919. The van der Waals surface area contributed by atoms with Gasteiger partial charge in [0.25, 0.3) is 0 Å². The Balaban J connectivity index is 2.95. The largest absolute Gasteiger partial charge is 0.321 e. The Morgan fingerprint density at radius 2 is 1.95 bits per heavy atom. The summed E-state index contributed by atoms with van der Waals surface area (Å²) in [5.74, 6) is -0.227. The van der Waals surface area contributed by atoms with Crippen LogP contribution in [0.3, 0.4) is 0 Å². The number of carbonyl (C=O) groups excluding carboxylic acids is 1. The number of hydrogen-bond donors (Lipinski definition) is 2. The minimum absolute atomic E-state index is 0.00116. The van der Waals surface area contributed by atoms with Gasteiger partial charge in [-0.25, -0.2) is 0 Å². The maximum atomic E-state index is 12.4. The molecule has 1 aromatic carbocycles. The number of benzene rings is 1. The molecule has 1 radical (unpaired) electrons. The molecule has 1 aromatic rings. The summed E-state index contributed by atoms with van der Waals surface area (Å²) >= 11 is 5.82. The van der Waals surface area contributed by atoms with Crippen molar-refractivity contribution in [2.24, 2.45) is 17.6 Å². The van der Waals surface area contributed by atoms with Crippen LogP contribution in [0.1, 0.15) is 37.0 Å². The van der Waals surface area contributed by atoms with E-state index in [2.05, 4.69) is 6.92 Å². The molecule has 0 heterocycles. The van der Waals surface area contributed by atoms with Gasteiger partial charge in [0, 0.05) is 22.2 Å². The van der Waals surface area contributed by atoms with E-state index in [1.807, 2.05) is 6.92 Å². The highest BCUT2D eigenvalue weighted by molar-refractivity contribution is 6.30. The summed E-state index contributed by atoms with van der Waals surface area (Å²) in [6, 6.07) is 6.09. The van der Waals surface area contributed by atoms with E-state index in [1.165, 1.54) is 0 Å². The van der Waals surface area contributed by atoms with Gasteiger partial charge in [-0.15, -0.1) is 0 Å². The predicted molar refractivity (Wildman–Crippen MR) is 84.4 cm³/mol. The average molecular weight is 294 g/mol. The van der Waals surface area contributed by atoms with E-state index < -0.39 is 6.04 Å². The van der Waals surface area contributed by atoms with E-state index in [0.717, 1.165) is 6.42 Å². The summed E-state index contributed by atoms with van der Waals surface area (Å²) in [5, 5.41) is 8.43. The minimum Gasteiger partial charge on any atom is -0.321 e. The second kappa shape index (κ2) is 7.55. The molecule has 0 fully saturated rings. The standard InChI is InChI=1S/C16H22ClN2O/c1-4-13(10(3)18)14(5-2)15(19)16(20)11-6-8-12(17)9-7-11/h6-9,13-15,18H,2,4-5,19H2,1,3H3/t13-,14?,15?/m1/s1. The minimum atomic E-state index is -0.640. The van der Waals surface area contributed by atoms with E-state index >= 15 is 0 Å². The molecular weight excluding hydrogens is 272 g/mol. The summed E-state index contributed by atoms with van der Waals surface area (Å²) in [6.45, 7) is 7.66. The lowest BCUT2D eigenvalue weighted by Crippen LogP contribution is -2.43. The molecule has 0 aliphatic carbocycles. The molecule has 1 rings (SSSR count). The zero-order valence-corrected chi connectivity index (χ0v) is 12.8. The van der Waals surface area contributed by atoms with Gasteiger partial charge in [-0.1, -0.05) is 25.4 Å². The summed E-state index contributed by atoms with van der Waals surface area (Å²) in [4.78, 5) is 12.4. The fourth-order valence-electron chi connectivity index (χ4n) is 2.56. The molecule has 2 unspecified atom stereocenters. The molecule has 0 aliphatic rings. The molecule has 3 atom stereocenters. The van der Waals surface area contributed by atoms with Crippen molar-refractivity contribution in [2.45, 2.75) is 32.7 Å². The maximum Gasteiger partial charge on any atom is 0.179 e. The van der Waals surface area contributed by atoms with Gasteiger partial charge in [0.05, 0.1) is 6.04 Å². The van der Waals surface area contributed by atoms with Crippen LogP contribution in [0.2, 0.25) is 5.02 Å². The first-order chi connectivity index (χ1) is 9.42. The zero-order chi connectivity index (χ0) is 15.3. The van der Waals surface area contributed by atoms with E-state index in [9.17, 15) is 4.79 Å². The number of Topliss-reactive ketones (excluding diaryl/α,β-unsaturated/α-hetero) is 1. The maximum absolute atomic E-state index is 12.4. The van der Waals surface area contributed by atoms with Crippen LogP contribution in [0.15, 0.2) is 24.3 Å². The number of rotatable bonds is 7. The molecule has 0 spiro atoms. The monoisotopic (exact) mass is 293 g/mol. The molecule has 3 nitrogen and oxygen atoms in total. The predicted octanol–water partition coefficient (Wildman–Crippen LogP) is 3.76. The van der Waals surface area contributed by atoms with Crippen LogP contribution >= 0.6 is 11.6 Å². The Morgan fingerprint density at radius 1 is 1.40 bits per heavy atom. The highest BCUT2D eigenvalue weighted by atomic mass is 35.5. The number of carbonyl (C=O) groups is 1. The molecule has 0 saturated carbocycles. The lowest BCUT2D eigenvalue weighted by Gasteiger charge is -2.29. The van der Waals surface area contributed by atoms with Crippen LogP contribution in [-0.2, 0) is 0 Å². The SMILES string of the molecule is [CH2]CC(C(N)C(=O)c1ccc(Cl)cc1)[C@H](CC)C(C)=N. The van der Waals surface area contributed by atoms with Crippen molar-refractivity contribution in [3.05, 3.63) is 41.8 Å². The molecule has 109 valence electrons. The van der Waals surface area contributed by atoms with Gasteiger partial charge in [-0.05, 0) is 49.9 Å². The third-order valence-corrected chi connectivity index (χ3v) is 3.99. The van der Waals surface area contributed by atoms with Gasteiger partial charge in [0.1, 0.15) is 0 Å². The van der Waals surface area contributed by atoms with Crippen molar-refractivity contribution >= 4 is 23.1 Å². The van der Waals surface area contributed by atoms with Crippen molar-refractivity contribution in [1.82, 2.24) is 0 Å². The van der Waals surface area contributed by atoms with E-state index in [4.69, 9.17) is 22.7 Å². The van der Waals surface area contributed by atoms with Gasteiger partial charge in [-0.2, -0.15) is 0 Å². The Hall–Kier alpha value is -1.19. The third kappa shape index (κ3) is 3.90. The van der Waals surface area contributed by atoms with E-state index in [1.54, 1.807) is 31.2 Å². The third-order valence-electron chi connectivity index (χ3n) is 3.74. The highest BCUT2D eigenvalue weighted by Gasteiger charge is 2.31. The number of ketones is 1. The van der Waals surface area contributed by atoms with Gasteiger partial charge in [0.15, 0.2) is 5.78 Å². The zero-order valence-electron chi connectivity index (χ0n) is 12.0. The van der Waals surface area contributed by atoms with Gasteiger partial charge < -0.3 is 11.1 Å². The summed E-state index contributed by atoms with van der Waals surface area (Å²) in [5.41, 5.74) is 7.25. The average Bonchev–Trinajstić information content (AvgIpc) is 2.43. The highest BCUT2D eigenvalue weighted by Crippen LogP contribution is 2.25.